The van der Waals surface area contributed by atoms with Gasteiger partial charge in [-0.25, -0.2) is 14.0 Å². The molecule has 3 atom stereocenters. The number of piperidine rings is 1. The Kier molecular flexibility index (Phi) is 7.00. The summed E-state index contributed by atoms with van der Waals surface area (Å²) in [5.74, 6) is -1.22. The molecule has 4 heterocycles. The van der Waals surface area contributed by atoms with E-state index in [4.69, 9.17) is 4.74 Å². The Bertz CT molecular complexity index is 1090. The van der Waals surface area contributed by atoms with Gasteiger partial charge in [0.15, 0.2) is 0 Å². The molecule has 10 heteroatoms. The van der Waals surface area contributed by atoms with Gasteiger partial charge in [-0.2, -0.15) is 0 Å². The molecule has 35 heavy (non-hydrogen) atoms. The van der Waals surface area contributed by atoms with Crippen LogP contribution in [0.25, 0.3) is 0 Å². The van der Waals surface area contributed by atoms with Crippen LogP contribution in [0.2, 0.25) is 0 Å². The number of ether oxygens (including phenoxy) is 1. The second kappa shape index (κ2) is 9.97. The Morgan fingerprint density at radius 3 is 2.63 bits per heavy atom. The highest BCUT2D eigenvalue weighted by Gasteiger charge is 2.63. The van der Waals surface area contributed by atoms with Crippen molar-refractivity contribution in [2.45, 2.75) is 45.2 Å². The van der Waals surface area contributed by atoms with E-state index in [1.165, 1.54) is 19.4 Å². The maximum atomic E-state index is 13.9. The van der Waals surface area contributed by atoms with E-state index in [1.807, 2.05) is 26.0 Å². The zero-order valence-corrected chi connectivity index (χ0v) is 20.1. The molecule has 2 aliphatic heterocycles. The van der Waals surface area contributed by atoms with Crippen molar-refractivity contribution in [3.05, 3.63) is 54.4 Å². The molecule has 0 bridgehead atoms. The fraction of sp³-hybridized carbons (Fsp3) is 0.480. The van der Waals surface area contributed by atoms with Crippen LogP contribution in [-0.4, -0.2) is 59.0 Å². The van der Waals surface area contributed by atoms with Crippen molar-refractivity contribution in [1.82, 2.24) is 20.2 Å². The minimum absolute atomic E-state index is 0.0855. The van der Waals surface area contributed by atoms with Crippen LogP contribution in [0.1, 0.15) is 44.8 Å². The first-order valence-electron chi connectivity index (χ1n) is 11.8. The zero-order chi connectivity index (χ0) is 25.2. The summed E-state index contributed by atoms with van der Waals surface area (Å²) in [4.78, 5) is 50.2. The van der Waals surface area contributed by atoms with E-state index < -0.39 is 29.3 Å². The molecular formula is C25H30FN5O4. The summed E-state index contributed by atoms with van der Waals surface area (Å²) in [5, 5.41) is 2.80. The number of carbonyl (C=O) groups is 3. The van der Waals surface area contributed by atoms with Gasteiger partial charge in [0, 0.05) is 25.4 Å². The number of methoxy groups -OCH3 is 1. The van der Waals surface area contributed by atoms with Gasteiger partial charge >= 0.3 is 12.0 Å². The van der Waals surface area contributed by atoms with Crippen LogP contribution in [0.3, 0.4) is 0 Å². The Labute approximate surface area is 203 Å². The summed E-state index contributed by atoms with van der Waals surface area (Å²) in [6.45, 7) is 4.50. The number of aromatic nitrogens is 2. The van der Waals surface area contributed by atoms with Crippen LogP contribution >= 0.6 is 0 Å². The Morgan fingerprint density at radius 1 is 1.29 bits per heavy atom. The molecule has 1 unspecified atom stereocenters. The lowest BCUT2D eigenvalue weighted by Crippen LogP contribution is -2.67. The molecule has 2 aromatic heterocycles. The highest BCUT2D eigenvalue weighted by Crippen LogP contribution is 2.57. The molecule has 2 saturated heterocycles. The third-order valence-corrected chi connectivity index (χ3v) is 7.25. The number of carbonyl (C=O) groups excluding carboxylic acids is 3. The van der Waals surface area contributed by atoms with Crippen molar-refractivity contribution in [2.75, 3.05) is 25.1 Å². The van der Waals surface area contributed by atoms with Crippen LogP contribution in [0.15, 0.2) is 42.9 Å². The van der Waals surface area contributed by atoms with E-state index in [1.54, 1.807) is 22.1 Å². The van der Waals surface area contributed by atoms with Gasteiger partial charge < -0.3 is 19.9 Å². The van der Waals surface area contributed by atoms with Crippen LogP contribution in [-0.2, 0) is 14.3 Å². The Morgan fingerprint density at radius 2 is 2.03 bits per heavy atom. The maximum Gasteiger partial charge on any atom is 0.328 e. The summed E-state index contributed by atoms with van der Waals surface area (Å²) in [6.07, 6.45) is 5.77. The number of anilines is 1. The monoisotopic (exact) mass is 483 g/mol. The number of amides is 3. The van der Waals surface area contributed by atoms with E-state index in [0.29, 0.717) is 43.7 Å². The molecule has 2 aliphatic rings. The average molecular weight is 484 g/mol. The number of nitrogens with one attached hydrogen (secondary N) is 1. The molecule has 186 valence electrons. The SMILES string of the molecule is CC[C@H](C)[C@H](NC(=O)N1CCC2(CC1)C(=O)N(c1cncc(F)c1)C2c1ccccn1)C(=O)OC. The topological polar surface area (TPSA) is 105 Å². The fourth-order valence-corrected chi connectivity index (χ4v) is 5.02. The largest absolute Gasteiger partial charge is 0.467 e. The molecule has 0 aromatic carbocycles. The van der Waals surface area contributed by atoms with Crippen LogP contribution in [0.5, 0.6) is 0 Å². The first-order valence-corrected chi connectivity index (χ1v) is 11.8. The number of urea groups is 1. The van der Waals surface area contributed by atoms with Gasteiger partial charge in [0.05, 0.1) is 42.3 Å². The molecule has 1 N–H and O–H groups in total. The van der Waals surface area contributed by atoms with Crippen molar-refractivity contribution in [3.63, 3.8) is 0 Å². The van der Waals surface area contributed by atoms with Crippen molar-refractivity contribution in [2.24, 2.45) is 11.3 Å². The number of hydrogen-bond donors (Lipinski definition) is 1. The van der Waals surface area contributed by atoms with Gasteiger partial charge in [0.2, 0.25) is 5.91 Å². The van der Waals surface area contributed by atoms with Crippen molar-refractivity contribution >= 4 is 23.6 Å². The van der Waals surface area contributed by atoms with Gasteiger partial charge in [-0.15, -0.1) is 0 Å². The van der Waals surface area contributed by atoms with E-state index in [-0.39, 0.29) is 17.9 Å². The minimum Gasteiger partial charge on any atom is -0.467 e. The summed E-state index contributed by atoms with van der Waals surface area (Å²) >= 11 is 0. The van der Waals surface area contributed by atoms with Crippen LogP contribution in [0, 0.1) is 17.2 Å². The summed E-state index contributed by atoms with van der Waals surface area (Å²) < 4.78 is 18.7. The second-order valence-electron chi connectivity index (χ2n) is 9.17. The van der Waals surface area contributed by atoms with Gasteiger partial charge in [-0.1, -0.05) is 26.3 Å². The molecule has 0 radical (unpaired) electrons. The molecule has 0 aliphatic carbocycles. The summed E-state index contributed by atoms with van der Waals surface area (Å²) in [5.41, 5.74) is 0.332. The van der Waals surface area contributed by atoms with Gasteiger partial charge in [-0.05, 0) is 30.9 Å². The summed E-state index contributed by atoms with van der Waals surface area (Å²) in [6, 6.07) is 5.30. The lowest BCUT2D eigenvalue weighted by atomic mass is 9.63. The zero-order valence-electron chi connectivity index (χ0n) is 20.1. The number of likely N-dealkylation sites (tertiary alicyclic amines) is 1. The molecule has 2 aromatic rings. The second-order valence-corrected chi connectivity index (χ2v) is 9.17. The fourth-order valence-electron chi connectivity index (χ4n) is 5.02. The van der Waals surface area contributed by atoms with Crippen molar-refractivity contribution in [3.8, 4) is 0 Å². The number of β-lactam (4-membered cyclic amide) rings is 1. The quantitative estimate of drug-likeness (QED) is 0.500. The highest BCUT2D eigenvalue weighted by molar-refractivity contribution is 6.06. The number of halogens is 1. The van der Waals surface area contributed by atoms with Crippen molar-refractivity contribution in [1.29, 1.82) is 0 Å². The standard InChI is InChI=1S/C25H30FN5O4/c1-4-16(2)20(22(32)35-3)29-24(34)30-11-8-25(9-12-30)21(19-7-5-6-10-28-19)31(23(25)33)18-13-17(26)14-27-15-18/h5-7,10,13-16,20-21H,4,8-9,11-12H2,1-3H3,(H,29,34)/t16-,20-,21?/m0/s1. The predicted molar refractivity (Wildman–Crippen MR) is 126 cm³/mol. The number of esters is 1. The minimum atomic E-state index is -0.754. The highest BCUT2D eigenvalue weighted by atomic mass is 19.1. The molecule has 4 rings (SSSR count). The average Bonchev–Trinajstić information content (AvgIpc) is 2.89. The van der Waals surface area contributed by atoms with E-state index >= 15 is 0 Å². The van der Waals surface area contributed by atoms with Gasteiger partial charge in [0.1, 0.15) is 11.9 Å². The lowest BCUT2D eigenvalue weighted by molar-refractivity contribution is -0.144. The predicted octanol–water partition coefficient (Wildman–Crippen LogP) is 3.08. The number of pyridine rings is 2. The number of rotatable bonds is 6. The van der Waals surface area contributed by atoms with Gasteiger partial charge in [0.25, 0.3) is 0 Å². The molecule has 0 saturated carbocycles. The number of nitrogens with zero attached hydrogens (tertiary/aromatic N) is 4. The van der Waals surface area contributed by atoms with Crippen molar-refractivity contribution < 1.29 is 23.5 Å². The normalized spacial score (nSPS) is 20.7. The molecule has 3 amide bonds. The third-order valence-electron chi connectivity index (χ3n) is 7.25. The van der Waals surface area contributed by atoms with Crippen LogP contribution in [0.4, 0.5) is 14.9 Å². The summed E-state index contributed by atoms with van der Waals surface area (Å²) in [7, 11) is 1.30. The van der Waals surface area contributed by atoms with E-state index in [0.717, 1.165) is 6.20 Å². The lowest BCUT2D eigenvalue weighted by Gasteiger charge is -2.58. The Balaban J connectivity index is 1.53. The molecular weight excluding hydrogens is 453 g/mol. The first-order chi connectivity index (χ1) is 16.8. The molecule has 1 spiro atoms. The maximum absolute atomic E-state index is 13.9. The van der Waals surface area contributed by atoms with Crippen LogP contribution < -0.4 is 10.2 Å². The first kappa shape index (κ1) is 24.6. The molecule has 2 fully saturated rings. The Hall–Kier alpha value is -3.56. The molecule has 9 nitrogen and oxygen atoms in total. The third kappa shape index (κ3) is 4.44. The van der Waals surface area contributed by atoms with E-state index in [9.17, 15) is 18.8 Å². The van der Waals surface area contributed by atoms with E-state index in [2.05, 4.69) is 15.3 Å². The van der Waals surface area contributed by atoms with Gasteiger partial charge in [-0.3, -0.25) is 14.8 Å². The number of hydrogen-bond acceptors (Lipinski definition) is 6. The smallest absolute Gasteiger partial charge is 0.328 e.